The fraction of sp³-hybridized carbons (Fsp3) is 0.200. The van der Waals surface area contributed by atoms with Crippen molar-refractivity contribution < 1.29 is 14.3 Å². The molecule has 0 saturated heterocycles. The van der Waals surface area contributed by atoms with Crippen molar-refractivity contribution in [3.8, 4) is 0 Å². The summed E-state index contributed by atoms with van der Waals surface area (Å²) in [4.78, 5) is 16.4. The lowest BCUT2D eigenvalue weighted by Crippen LogP contribution is -2.27. The van der Waals surface area contributed by atoms with Crippen LogP contribution in [0.4, 0.5) is 4.39 Å². The van der Waals surface area contributed by atoms with Gasteiger partial charge in [-0.2, -0.15) is 0 Å². The average Bonchev–Trinajstić information content (AvgIpc) is 2.62. The molecule has 0 aliphatic heterocycles. The van der Waals surface area contributed by atoms with Gasteiger partial charge in [-0.25, -0.2) is 4.39 Å². The average molecular weight is 338 g/mol. The molecule has 3 rings (SSSR count). The summed E-state index contributed by atoms with van der Waals surface area (Å²) >= 11 is 0. The minimum Gasteiger partial charge on any atom is -0.388 e. The molecule has 25 heavy (non-hydrogen) atoms. The number of amides is 1. The molecule has 0 unspecified atom stereocenters. The van der Waals surface area contributed by atoms with E-state index >= 15 is 0 Å². The summed E-state index contributed by atoms with van der Waals surface area (Å²) in [6.45, 7) is 0.449. The molecule has 4 nitrogen and oxygen atoms in total. The third kappa shape index (κ3) is 4.39. The van der Waals surface area contributed by atoms with E-state index in [0.29, 0.717) is 18.5 Å². The number of nitrogens with zero attached hydrogens (tertiary/aromatic N) is 1. The number of carbonyl (C=O) groups excluding carboxylic acids is 1. The lowest BCUT2D eigenvalue weighted by Gasteiger charge is -2.12. The number of aromatic nitrogens is 1. The highest BCUT2D eigenvalue weighted by atomic mass is 19.1. The number of rotatable bonds is 6. The van der Waals surface area contributed by atoms with Gasteiger partial charge in [0.1, 0.15) is 5.82 Å². The van der Waals surface area contributed by atoms with Gasteiger partial charge in [0.2, 0.25) is 5.91 Å². The van der Waals surface area contributed by atoms with Crippen LogP contribution in [0.25, 0.3) is 10.9 Å². The van der Waals surface area contributed by atoms with Gasteiger partial charge in [0.05, 0.1) is 18.0 Å². The number of hydrogen-bond donors (Lipinski definition) is 2. The minimum atomic E-state index is -1.02. The Morgan fingerprint density at radius 1 is 1.16 bits per heavy atom. The Labute approximate surface area is 145 Å². The maximum atomic E-state index is 13.2. The maximum absolute atomic E-state index is 13.2. The Kier molecular flexibility index (Phi) is 5.36. The van der Waals surface area contributed by atoms with E-state index in [1.807, 2.05) is 30.3 Å². The third-order valence-corrected chi connectivity index (χ3v) is 4.04. The second kappa shape index (κ2) is 7.85. The fourth-order valence-electron chi connectivity index (χ4n) is 2.79. The van der Waals surface area contributed by atoms with E-state index in [0.717, 1.165) is 16.5 Å². The lowest BCUT2D eigenvalue weighted by molar-refractivity contribution is -0.123. The van der Waals surface area contributed by atoms with Crippen LogP contribution < -0.4 is 5.32 Å². The molecule has 1 atom stereocenters. The molecule has 1 aromatic heterocycles. The van der Waals surface area contributed by atoms with E-state index in [9.17, 15) is 14.3 Å². The standard InChI is InChI=1S/C20H19FN2O2/c21-17-8-2-6-16(12-17)18(24)13-19(25)22-11-9-15-5-1-4-14-7-3-10-23-20(14)15/h1-8,10,12,18,24H,9,11,13H2,(H,22,25)/t18-/m0/s1. The van der Waals surface area contributed by atoms with Gasteiger partial charge in [-0.05, 0) is 35.7 Å². The maximum Gasteiger partial charge on any atom is 0.222 e. The molecule has 0 spiro atoms. The fourth-order valence-corrected chi connectivity index (χ4v) is 2.79. The van der Waals surface area contributed by atoms with Gasteiger partial charge >= 0.3 is 0 Å². The van der Waals surface area contributed by atoms with Crippen LogP contribution in [-0.2, 0) is 11.2 Å². The smallest absolute Gasteiger partial charge is 0.222 e. The summed E-state index contributed by atoms with van der Waals surface area (Å²) in [6, 6.07) is 15.5. The molecule has 3 aromatic rings. The van der Waals surface area contributed by atoms with Gasteiger partial charge in [0.25, 0.3) is 0 Å². The van der Waals surface area contributed by atoms with Crippen molar-refractivity contribution in [2.75, 3.05) is 6.54 Å². The number of pyridine rings is 1. The molecule has 0 fully saturated rings. The highest BCUT2D eigenvalue weighted by Crippen LogP contribution is 2.18. The highest BCUT2D eigenvalue weighted by Gasteiger charge is 2.13. The van der Waals surface area contributed by atoms with Crippen molar-refractivity contribution in [2.45, 2.75) is 18.9 Å². The summed E-state index contributed by atoms with van der Waals surface area (Å²) in [5.41, 5.74) is 2.39. The van der Waals surface area contributed by atoms with Gasteiger partial charge in [-0.3, -0.25) is 9.78 Å². The number of nitrogens with one attached hydrogen (secondary N) is 1. The first kappa shape index (κ1) is 17.0. The monoisotopic (exact) mass is 338 g/mol. The number of benzene rings is 2. The molecule has 1 amide bonds. The predicted molar refractivity (Wildman–Crippen MR) is 94.4 cm³/mol. The molecular weight excluding hydrogens is 319 g/mol. The van der Waals surface area contributed by atoms with Crippen LogP contribution in [0.2, 0.25) is 0 Å². The van der Waals surface area contributed by atoms with E-state index in [4.69, 9.17) is 0 Å². The number of fused-ring (bicyclic) bond motifs is 1. The molecule has 5 heteroatoms. The number of halogens is 1. The van der Waals surface area contributed by atoms with E-state index in [-0.39, 0.29) is 12.3 Å². The van der Waals surface area contributed by atoms with Gasteiger partial charge in [-0.15, -0.1) is 0 Å². The highest BCUT2D eigenvalue weighted by molar-refractivity contribution is 5.81. The zero-order chi connectivity index (χ0) is 17.6. The van der Waals surface area contributed by atoms with Crippen LogP contribution in [-0.4, -0.2) is 22.5 Å². The summed E-state index contributed by atoms with van der Waals surface area (Å²) in [7, 11) is 0. The van der Waals surface area contributed by atoms with Crippen molar-refractivity contribution in [3.05, 3.63) is 77.7 Å². The molecule has 0 aliphatic rings. The Morgan fingerprint density at radius 2 is 1.96 bits per heavy atom. The molecular formula is C20H19FN2O2. The number of hydrogen-bond acceptors (Lipinski definition) is 3. The van der Waals surface area contributed by atoms with Crippen LogP contribution in [0.5, 0.6) is 0 Å². The summed E-state index contributed by atoms with van der Waals surface area (Å²) < 4.78 is 13.2. The minimum absolute atomic E-state index is 0.1000. The first-order chi connectivity index (χ1) is 12.1. The molecule has 0 saturated carbocycles. The summed E-state index contributed by atoms with van der Waals surface area (Å²) in [6.07, 6.45) is 1.28. The van der Waals surface area contributed by atoms with Crippen molar-refractivity contribution in [3.63, 3.8) is 0 Å². The van der Waals surface area contributed by atoms with Crippen molar-refractivity contribution in [2.24, 2.45) is 0 Å². The topological polar surface area (TPSA) is 62.2 Å². The Balaban J connectivity index is 1.54. The first-order valence-corrected chi connectivity index (χ1v) is 8.16. The van der Waals surface area contributed by atoms with Crippen LogP contribution in [0.3, 0.4) is 0 Å². The Hall–Kier alpha value is -2.79. The van der Waals surface area contributed by atoms with Crippen LogP contribution >= 0.6 is 0 Å². The second-order valence-electron chi connectivity index (χ2n) is 5.87. The van der Waals surface area contributed by atoms with Crippen LogP contribution in [0, 0.1) is 5.82 Å². The Bertz CT molecular complexity index is 877. The summed E-state index contributed by atoms with van der Waals surface area (Å²) in [5.74, 6) is -0.703. The lowest BCUT2D eigenvalue weighted by atomic mass is 10.1. The zero-order valence-electron chi connectivity index (χ0n) is 13.7. The number of aliphatic hydroxyl groups excluding tert-OH is 1. The molecule has 2 N–H and O–H groups in total. The van der Waals surface area contributed by atoms with Gasteiger partial charge in [0.15, 0.2) is 0 Å². The normalized spacial score (nSPS) is 12.1. The van der Waals surface area contributed by atoms with E-state index in [2.05, 4.69) is 10.3 Å². The van der Waals surface area contributed by atoms with Crippen LogP contribution in [0.1, 0.15) is 23.7 Å². The van der Waals surface area contributed by atoms with Crippen molar-refractivity contribution in [1.29, 1.82) is 0 Å². The van der Waals surface area contributed by atoms with Gasteiger partial charge in [-0.1, -0.05) is 36.4 Å². The molecule has 128 valence electrons. The second-order valence-corrected chi connectivity index (χ2v) is 5.87. The largest absolute Gasteiger partial charge is 0.388 e. The van der Waals surface area contributed by atoms with E-state index in [1.165, 1.54) is 18.2 Å². The van der Waals surface area contributed by atoms with Crippen LogP contribution in [0.15, 0.2) is 60.8 Å². The van der Waals surface area contributed by atoms with E-state index < -0.39 is 11.9 Å². The Morgan fingerprint density at radius 3 is 2.80 bits per heavy atom. The van der Waals surface area contributed by atoms with E-state index in [1.54, 1.807) is 12.3 Å². The van der Waals surface area contributed by atoms with Gasteiger partial charge < -0.3 is 10.4 Å². The molecule has 2 aromatic carbocycles. The summed E-state index contributed by atoms with van der Waals surface area (Å²) in [5, 5.41) is 13.9. The number of aliphatic hydroxyl groups is 1. The zero-order valence-corrected chi connectivity index (χ0v) is 13.7. The quantitative estimate of drug-likeness (QED) is 0.726. The first-order valence-electron chi connectivity index (χ1n) is 8.16. The number of para-hydroxylation sites is 1. The predicted octanol–water partition coefficient (Wildman–Crippen LogP) is 3.16. The number of carbonyl (C=O) groups is 1. The molecule has 0 aliphatic carbocycles. The molecule has 0 bridgehead atoms. The third-order valence-electron chi connectivity index (χ3n) is 4.04. The molecule has 1 heterocycles. The SMILES string of the molecule is O=C(C[C@H](O)c1cccc(F)c1)NCCc1cccc2cccnc12. The van der Waals surface area contributed by atoms with Crippen molar-refractivity contribution in [1.82, 2.24) is 10.3 Å². The van der Waals surface area contributed by atoms with Crippen molar-refractivity contribution >= 4 is 16.8 Å². The molecule has 0 radical (unpaired) electrons. The van der Waals surface area contributed by atoms with Gasteiger partial charge in [0, 0.05) is 18.1 Å².